The number of hydrogen-bond donors (Lipinski definition) is 10. The summed E-state index contributed by atoms with van der Waals surface area (Å²) in [5.41, 5.74) is 0.822. The number of rotatable bonds is 18. The van der Waals surface area contributed by atoms with E-state index < -0.39 is 73.4 Å². The Bertz CT molecular complexity index is 1620. The fourth-order valence-electron chi connectivity index (χ4n) is 7.70. The first-order chi connectivity index (χ1) is 28.8. The highest BCUT2D eigenvalue weighted by Gasteiger charge is 2.48. The molecule has 0 aliphatic carbocycles. The molecule has 6 rings (SSSR count). The van der Waals surface area contributed by atoms with Crippen molar-refractivity contribution >= 4 is 46.5 Å². The second kappa shape index (κ2) is 20.8. The second-order valence-corrected chi connectivity index (χ2v) is 15.1. The Hall–Kier alpha value is -3.92. The topological polar surface area (TPSA) is 338 Å². The van der Waals surface area contributed by atoms with E-state index in [0.29, 0.717) is 48.8 Å². The molecule has 4 saturated heterocycles. The average Bonchev–Trinajstić information content (AvgIpc) is 3.25. The number of hydrogen-bond acceptors (Lipinski definition) is 22. The molecule has 0 radical (unpaired) electrons. The first kappa shape index (κ1) is 45.6. The van der Waals surface area contributed by atoms with Gasteiger partial charge in [0, 0.05) is 52.4 Å². The lowest BCUT2D eigenvalue weighted by Crippen LogP contribution is -2.60. The third-order valence-corrected chi connectivity index (χ3v) is 11.0. The molecular formula is C36H56N8O16. The van der Waals surface area contributed by atoms with Crippen LogP contribution in [0.1, 0.15) is 38.5 Å². The number of carboxylic acids is 2. The summed E-state index contributed by atoms with van der Waals surface area (Å²) >= 11 is 0. The van der Waals surface area contributed by atoms with Crippen LogP contribution in [-0.2, 0) is 28.5 Å². The van der Waals surface area contributed by atoms with Crippen LogP contribution >= 0.6 is 0 Å². The molecule has 2 aromatic heterocycles. The molecule has 4 fully saturated rings. The van der Waals surface area contributed by atoms with Crippen molar-refractivity contribution in [2.24, 2.45) is 0 Å². The fourth-order valence-corrected chi connectivity index (χ4v) is 7.70. The number of carboxylic acid groups (broad SMARTS) is 2. The van der Waals surface area contributed by atoms with Gasteiger partial charge >= 0.3 is 11.9 Å². The molecule has 0 aromatic carbocycles. The standard InChI is InChI=1S/C36H56N8O16/c45-15-11-43(13-17-57-33-25(51)21(47)23(49)27(59-33)31(53)54)35-38-20-19(29(39-35)41-7-3-1-4-8-41)37-36(40-30(20)42-9-5-2-6-10-42)44(12-16-46)14-18-58-34-26(52)22(48)24(50)28(60-34)32(55)56/h21-28,33-34,45-52H,1-18H2,(H,53,54)(H,55,56)/t21-,22+,23-,24+,25-,26+,27?,28?,33+,34-. The van der Waals surface area contributed by atoms with Gasteiger partial charge in [-0.2, -0.15) is 9.97 Å². The quantitative estimate of drug-likeness (QED) is 0.0680. The molecule has 60 heavy (non-hydrogen) atoms. The molecule has 10 N–H and O–H groups in total. The number of nitrogens with zero attached hydrogens (tertiary/aromatic N) is 8. The molecule has 24 nitrogen and oxygen atoms in total. The molecule has 6 heterocycles. The van der Waals surface area contributed by atoms with E-state index in [2.05, 4.69) is 9.80 Å². The molecule has 0 spiro atoms. The second-order valence-electron chi connectivity index (χ2n) is 15.1. The van der Waals surface area contributed by atoms with E-state index in [0.717, 1.165) is 38.5 Å². The van der Waals surface area contributed by atoms with Crippen molar-refractivity contribution in [2.75, 3.05) is 98.4 Å². The molecule has 24 heteroatoms. The largest absolute Gasteiger partial charge is 0.479 e. The van der Waals surface area contributed by atoms with E-state index in [1.54, 1.807) is 9.80 Å². The van der Waals surface area contributed by atoms with Gasteiger partial charge in [-0.1, -0.05) is 0 Å². The number of aliphatic hydroxyl groups excluding tert-OH is 8. The van der Waals surface area contributed by atoms with E-state index in [9.17, 15) is 60.7 Å². The highest BCUT2D eigenvalue weighted by Crippen LogP contribution is 2.35. The van der Waals surface area contributed by atoms with Gasteiger partial charge in [-0.25, -0.2) is 19.6 Å². The van der Waals surface area contributed by atoms with Crippen LogP contribution in [-0.4, -0.2) is 223 Å². The van der Waals surface area contributed by atoms with E-state index in [1.807, 2.05) is 0 Å². The molecule has 2 unspecified atom stereocenters. The first-order valence-corrected chi connectivity index (χ1v) is 20.2. The predicted octanol–water partition coefficient (Wildman–Crippen LogP) is -4.18. The Balaban J connectivity index is 1.32. The highest BCUT2D eigenvalue weighted by molar-refractivity contribution is 5.95. The molecule has 4 aliphatic heterocycles. The number of fused-ring (bicyclic) bond motifs is 1. The van der Waals surface area contributed by atoms with Crippen molar-refractivity contribution in [3.8, 4) is 0 Å². The summed E-state index contributed by atoms with van der Waals surface area (Å²) in [5.74, 6) is -1.74. The van der Waals surface area contributed by atoms with Gasteiger partial charge < -0.3 is 89.6 Å². The molecule has 10 atom stereocenters. The summed E-state index contributed by atoms with van der Waals surface area (Å²) in [4.78, 5) is 50.6. The van der Waals surface area contributed by atoms with Crippen LogP contribution in [0.3, 0.4) is 0 Å². The fraction of sp³-hybridized carbons (Fsp3) is 0.778. The highest BCUT2D eigenvalue weighted by atomic mass is 16.7. The van der Waals surface area contributed by atoms with Gasteiger partial charge in [0.1, 0.15) is 47.7 Å². The number of carbonyl (C=O) groups is 2. The van der Waals surface area contributed by atoms with Gasteiger partial charge in [0.05, 0.1) is 26.4 Å². The molecule has 0 amide bonds. The van der Waals surface area contributed by atoms with Crippen LogP contribution in [0.4, 0.5) is 23.5 Å². The van der Waals surface area contributed by atoms with E-state index >= 15 is 0 Å². The molecule has 0 saturated carbocycles. The molecule has 336 valence electrons. The minimum atomic E-state index is -1.88. The molecular weight excluding hydrogens is 800 g/mol. The normalized spacial score (nSPS) is 30.1. The summed E-state index contributed by atoms with van der Waals surface area (Å²) in [7, 11) is 0. The van der Waals surface area contributed by atoms with Crippen LogP contribution in [0, 0.1) is 0 Å². The first-order valence-electron chi connectivity index (χ1n) is 20.2. The summed E-state index contributed by atoms with van der Waals surface area (Å²) in [5, 5.41) is 101. The third-order valence-electron chi connectivity index (χ3n) is 11.0. The average molecular weight is 857 g/mol. The lowest BCUT2D eigenvalue weighted by Gasteiger charge is -2.38. The van der Waals surface area contributed by atoms with Crippen molar-refractivity contribution in [3.05, 3.63) is 0 Å². The third kappa shape index (κ3) is 10.2. The van der Waals surface area contributed by atoms with E-state index in [4.69, 9.17) is 38.9 Å². The maximum absolute atomic E-state index is 11.6. The number of aliphatic hydroxyl groups is 8. The molecule has 4 aliphatic rings. The van der Waals surface area contributed by atoms with Crippen molar-refractivity contribution in [2.45, 2.75) is 99.9 Å². The Morgan fingerprint density at radius 3 is 1.25 bits per heavy atom. The molecule has 2 aromatic rings. The van der Waals surface area contributed by atoms with Crippen molar-refractivity contribution in [1.82, 2.24) is 19.9 Å². The zero-order chi connectivity index (χ0) is 43.1. The minimum Gasteiger partial charge on any atom is -0.479 e. The smallest absolute Gasteiger partial charge is 0.335 e. The Morgan fingerprint density at radius 1 is 0.550 bits per heavy atom. The number of piperidine rings is 2. The number of aliphatic carboxylic acids is 2. The monoisotopic (exact) mass is 856 g/mol. The summed E-state index contributed by atoms with van der Waals surface area (Å²) in [6.07, 6.45) is -12.3. The van der Waals surface area contributed by atoms with Crippen LogP contribution in [0.25, 0.3) is 11.0 Å². The van der Waals surface area contributed by atoms with Crippen LogP contribution in [0.15, 0.2) is 0 Å². The summed E-state index contributed by atoms with van der Waals surface area (Å²) in [6.45, 7) is 1.65. The number of aromatic nitrogens is 4. The summed E-state index contributed by atoms with van der Waals surface area (Å²) in [6, 6.07) is 0. The van der Waals surface area contributed by atoms with Gasteiger partial charge in [0.15, 0.2) is 36.4 Å². The van der Waals surface area contributed by atoms with E-state index in [-0.39, 0.29) is 64.5 Å². The number of anilines is 4. The van der Waals surface area contributed by atoms with E-state index in [1.165, 1.54) is 0 Å². The Morgan fingerprint density at radius 2 is 0.917 bits per heavy atom. The van der Waals surface area contributed by atoms with Crippen molar-refractivity contribution in [3.63, 3.8) is 0 Å². The van der Waals surface area contributed by atoms with Gasteiger partial charge in [0.2, 0.25) is 11.9 Å². The van der Waals surface area contributed by atoms with Crippen molar-refractivity contribution in [1.29, 1.82) is 0 Å². The van der Waals surface area contributed by atoms with Crippen LogP contribution < -0.4 is 19.6 Å². The maximum Gasteiger partial charge on any atom is 0.335 e. The van der Waals surface area contributed by atoms with Gasteiger partial charge in [0.25, 0.3) is 0 Å². The number of ether oxygens (including phenoxy) is 4. The van der Waals surface area contributed by atoms with Crippen LogP contribution in [0.5, 0.6) is 0 Å². The zero-order valence-electron chi connectivity index (χ0n) is 33.0. The summed E-state index contributed by atoms with van der Waals surface area (Å²) < 4.78 is 21.9. The zero-order valence-corrected chi connectivity index (χ0v) is 33.0. The van der Waals surface area contributed by atoms with Gasteiger partial charge in [-0.05, 0) is 38.5 Å². The van der Waals surface area contributed by atoms with Gasteiger partial charge in [-0.3, -0.25) is 0 Å². The lowest BCUT2D eigenvalue weighted by molar-refractivity contribution is -0.293. The van der Waals surface area contributed by atoms with Crippen molar-refractivity contribution < 1.29 is 79.6 Å². The lowest BCUT2D eigenvalue weighted by atomic mass is 9.99. The Kier molecular flexibility index (Phi) is 15.8. The maximum atomic E-state index is 11.6. The SMILES string of the molecule is O=C(O)C1O[C@@H](OCCN(CCO)c2nc(N3CCCCC3)c3nc(N(CCO)CCO[C@H]4OC(C(=O)O)[C@H](O)[C@@H](O)[C@H]4O)nc(N4CCCCC4)c3n2)[C@@H](O)[C@@H](O)[C@@H]1O. The predicted molar refractivity (Wildman–Crippen MR) is 206 cm³/mol. The molecule has 0 bridgehead atoms. The van der Waals surface area contributed by atoms with Crippen LogP contribution in [0.2, 0.25) is 0 Å². The van der Waals surface area contributed by atoms with Gasteiger partial charge in [-0.15, -0.1) is 0 Å². The minimum absolute atomic E-state index is 0.0132. The Labute approximate surface area is 344 Å².